The molecule has 0 radical (unpaired) electrons. The fraction of sp³-hybridized carbons (Fsp3) is 0.333. The van der Waals surface area contributed by atoms with Crippen LogP contribution < -0.4 is 5.32 Å². The van der Waals surface area contributed by atoms with E-state index < -0.39 is 0 Å². The van der Waals surface area contributed by atoms with Crippen molar-refractivity contribution in [3.63, 3.8) is 0 Å². The minimum absolute atomic E-state index is 0.0710. The number of nitrogens with one attached hydrogen (secondary N) is 1. The molecule has 0 unspecified atom stereocenters. The predicted octanol–water partition coefficient (Wildman–Crippen LogP) is 2.47. The topological polar surface area (TPSA) is 46.9 Å². The van der Waals surface area contributed by atoms with Gasteiger partial charge in [0.2, 0.25) is 0 Å². The van der Waals surface area contributed by atoms with Crippen molar-refractivity contribution in [2.45, 2.75) is 26.3 Å². The molecule has 0 aliphatic rings. The SMILES string of the molecule is CC(C)c1ccc(C(=O)NCc2nccn2C)cc1. The van der Waals surface area contributed by atoms with E-state index in [9.17, 15) is 4.79 Å². The van der Waals surface area contributed by atoms with Crippen LogP contribution in [0.25, 0.3) is 0 Å². The highest BCUT2D eigenvalue weighted by Crippen LogP contribution is 2.14. The summed E-state index contributed by atoms with van der Waals surface area (Å²) in [6.45, 7) is 4.71. The maximum Gasteiger partial charge on any atom is 0.251 e. The van der Waals surface area contributed by atoms with Crippen molar-refractivity contribution < 1.29 is 4.79 Å². The first-order valence-electron chi connectivity index (χ1n) is 6.42. The van der Waals surface area contributed by atoms with Crippen molar-refractivity contribution in [1.29, 1.82) is 0 Å². The van der Waals surface area contributed by atoms with Gasteiger partial charge in [0.05, 0.1) is 6.54 Å². The lowest BCUT2D eigenvalue weighted by atomic mass is 10.0. The molecule has 0 saturated heterocycles. The summed E-state index contributed by atoms with van der Waals surface area (Å²) in [7, 11) is 1.91. The van der Waals surface area contributed by atoms with Crippen LogP contribution in [0, 0.1) is 0 Å². The molecule has 0 aliphatic carbocycles. The molecule has 2 aromatic rings. The van der Waals surface area contributed by atoms with E-state index in [1.807, 2.05) is 42.1 Å². The number of carbonyl (C=O) groups excluding carboxylic acids is 1. The molecule has 1 amide bonds. The van der Waals surface area contributed by atoms with Gasteiger partial charge in [-0.3, -0.25) is 4.79 Å². The van der Waals surface area contributed by atoms with Crippen molar-refractivity contribution >= 4 is 5.91 Å². The molecular formula is C15H19N3O. The van der Waals surface area contributed by atoms with Gasteiger partial charge in [0, 0.05) is 25.0 Å². The van der Waals surface area contributed by atoms with E-state index >= 15 is 0 Å². The van der Waals surface area contributed by atoms with Crippen LogP contribution in [0.5, 0.6) is 0 Å². The molecule has 4 heteroatoms. The van der Waals surface area contributed by atoms with Gasteiger partial charge >= 0.3 is 0 Å². The van der Waals surface area contributed by atoms with Crippen LogP contribution in [0.4, 0.5) is 0 Å². The van der Waals surface area contributed by atoms with Gasteiger partial charge in [-0.1, -0.05) is 26.0 Å². The van der Waals surface area contributed by atoms with Crippen molar-refractivity contribution in [3.8, 4) is 0 Å². The summed E-state index contributed by atoms with van der Waals surface area (Å²) in [5.74, 6) is 1.25. The highest BCUT2D eigenvalue weighted by atomic mass is 16.1. The van der Waals surface area contributed by atoms with Crippen LogP contribution in [-0.4, -0.2) is 15.5 Å². The Morgan fingerprint density at radius 2 is 2.00 bits per heavy atom. The molecule has 19 heavy (non-hydrogen) atoms. The first kappa shape index (κ1) is 13.3. The molecule has 2 rings (SSSR count). The number of hydrogen-bond donors (Lipinski definition) is 1. The molecule has 0 bridgehead atoms. The molecule has 1 heterocycles. The van der Waals surface area contributed by atoms with Gasteiger partial charge in [0.15, 0.2) is 0 Å². The van der Waals surface area contributed by atoms with Gasteiger partial charge < -0.3 is 9.88 Å². The zero-order valence-electron chi connectivity index (χ0n) is 11.6. The lowest BCUT2D eigenvalue weighted by molar-refractivity contribution is 0.0949. The van der Waals surface area contributed by atoms with E-state index in [1.165, 1.54) is 5.56 Å². The molecule has 4 nitrogen and oxygen atoms in total. The Hall–Kier alpha value is -2.10. The Kier molecular flexibility index (Phi) is 4.00. The number of aromatic nitrogens is 2. The highest BCUT2D eigenvalue weighted by Gasteiger charge is 2.07. The number of rotatable bonds is 4. The maximum atomic E-state index is 12.0. The van der Waals surface area contributed by atoms with E-state index in [1.54, 1.807) is 6.20 Å². The Labute approximate surface area is 113 Å². The highest BCUT2D eigenvalue weighted by molar-refractivity contribution is 5.94. The summed E-state index contributed by atoms with van der Waals surface area (Å²) in [4.78, 5) is 16.2. The second-order valence-corrected chi connectivity index (χ2v) is 4.91. The van der Waals surface area contributed by atoms with Gasteiger partial charge in [-0.05, 0) is 23.6 Å². The summed E-state index contributed by atoms with van der Waals surface area (Å²) in [5.41, 5.74) is 1.92. The average Bonchev–Trinajstić information content (AvgIpc) is 2.81. The lowest BCUT2D eigenvalue weighted by Crippen LogP contribution is -2.24. The number of benzene rings is 1. The average molecular weight is 257 g/mol. The van der Waals surface area contributed by atoms with Crippen LogP contribution in [-0.2, 0) is 13.6 Å². The standard InChI is InChI=1S/C15H19N3O/c1-11(2)12-4-6-13(7-5-12)15(19)17-10-14-16-8-9-18(14)3/h4-9,11H,10H2,1-3H3,(H,17,19). The van der Waals surface area contributed by atoms with Crippen LogP contribution in [0.2, 0.25) is 0 Å². The van der Waals surface area contributed by atoms with Gasteiger partial charge in [-0.2, -0.15) is 0 Å². The number of imidazole rings is 1. The minimum Gasteiger partial charge on any atom is -0.345 e. The molecule has 0 aliphatic heterocycles. The second kappa shape index (κ2) is 5.69. The Morgan fingerprint density at radius 1 is 1.32 bits per heavy atom. The zero-order chi connectivity index (χ0) is 13.8. The molecular weight excluding hydrogens is 238 g/mol. The Balaban J connectivity index is 1.98. The third-order valence-corrected chi connectivity index (χ3v) is 3.17. The monoisotopic (exact) mass is 257 g/mol. The van der Waals surface area contributed by atoms with Crippen LogP contribution in [0.3, 0.4) is 0 Å². The normalized spacial score (nSPS) is 10.7. The van der Waals surface area contributed by atoms with Crippen molar-refractivity contribution in [1.82, 2.24) is 14.9 Å². The molecule has 1 N–H and O–H groups in total. The van der Waals surface area contributed by atoms with Crippen molar-refractivity contribution in [2.24, 2.45) is 7.05 Å². The molecule has 1 aromatic carbocycles. The van der Waals surface area contributed by atoms with E-state index in [0.29, 0.717) is 18.0 Å². The van der Waals surface area contributed by atoms with E-state index in [0.717, 1.165) is 5.82 Å². The first-order valence-corrected chi connectivity index (χ1v) is 6.42. The third kappa shape index (κ3) is 3.22. The summed E-state index contributed by atoms with van der Waals surface area (Å²) >= 11 is 0. The summed E-state index contributed by atoms with van der Waals surface area (Å²) in [5, 5.41) is 2.87. The van der Waals surface area contributed by atoms with E-state index in [4.69, 9.17) is 0 Å². The minimum atomic E-state index is -0.0710. The first-order chi connectivity index (χ1) is 9.08. The zero-order valence-corrected chi connectivity index (χ0v) is 11.6. The number of carbonyl (C=O) groups is 1. The predicted molar refractivity (Wildman–Crippen MR) is 74.9 cm³/mol. The van der Waals surface area contributed by atoms with E-state index in [-0.39, 0.29) is 5.91 Å². The molecule has 100 valence electrons. The summed E-state index contributed by atoms with van der Waals surface area (Å²) in [6.07, 6.45) is 3.58. The number of amides is 1. The molecule has 1 aromatic heterocycles. The number of hydrogen-bond acceptors (Lipinski definition) is 2. The van der Waals surface area contributed by atoms with Gasteiger partial charge in [-0.25, -0.2) is 4.98 Å². The molecule has 0 atom stereocenters. The summed E-state index contributed by atoms with van der Waals surface area (Å²) < 4.78 is 1.89. The van der Waals surface area contributed by atoms with E-state index in [2.05, 4.69) is 24.1 Å². The van der Waals surface area contributed by atoms with Crippen LogP contribution in [0.1, 0.15) is 41.5 Å². The quantitative estimate of drug-likeness (QED) is 0.914. The van der Waals surface area contributed by atoms with Gasteiger partial charge in [0.1, 0.15) is 5.82 Å². The van der Waals surface area contributed by atoms with Gasteiger partial charge in [-0.15, -0.1) is 0 Å². The molecule has 0 spiro atoms. The Bertz CT molecular complexity index is 555. The summed E-state index contributed by atoms with van der Waals surface area (Å²) in [6, 6.07) is 7.73. The lowest BCUT2D eigenvalue weighted by Gasteiger charge is -2.08. The number of nitrogens with zero attached hydrogens (tertiary/aromatic N) is 2. The fourth-order valence-corrected chi connectivity index (χ4v) is 1.85. The molecule has 0 saturated carbocycles. The van der Waals surface area contributed by atoms with Crippen molar-refractivity contribution in [3.05, 3.63) is 53.6 Å². The Morgan fingerprint density at radius 3 is 2.53 bits per heavy atom. The van der Waals surface area contributed by atoms with Gasteiger partial charge in [0.25, 0.3) is 5.91 Å². The van der Waals surface area contributed by atoms with Crippen LogP contribution >= 0.6 is 0 Å². The molecule has 0 fully saturated rings. The van der Waals surface area contributed by atoms with Crippen LogP contribution in [0.15, 0.2) is 36.7 Å². The maximum absolute atomic E-state index is 12.0. The van der Waals surface area contributed by atoms with Crippen molar-refractivity contribution in [2.75, 3.05) is 0 Å². The third-order valence-electron chi connectivity index (χ3n) is 3.17. The number of aryl methyl sites for hydroxylation is 1. The fourth-order valence-electron chi connectivity index (χ4n) is 1.85. The smallest absolute Gasteiger partial charge is 0.251 e. The largest absolute Gasteiger partial charge is 0.345 e. The second-order valence-electron chi connectivity index (χ2n) is 4.91.